The number of anilines is 1. The second-order valence-corrected chi connectivity index (χ2v) is 5.17. The van der Waals surface area contributed by atoms with Gasteiger partial charge in [-0.2, -0.15) is 0 Å². The van der Waals surface area contributed by atoms with E-state index >= 15 is 0 Å². The molecule has 2 rings (SSSR count). The van der Waals surface area contributed by atoms with Crippen molar-refractivity contribution in [3.8, 4) is 11.5 Å². The number of carbonyl (C=O) groups excluding carboxylic acids is 1. The SMILES string of the molecule is COc1ccc(NC(=S)NC(=O)/C=C/c2ccccc2)cc1OC. The number of thiocarbonyl (C=S) groups is 1. The molecule has 124 valence electrons. The van der Waals surface area contributed by atoms with E-state index in [9.17, 15) is 4.79 Å². The Morgan fingerprint density at radius 1 is 1.04 bits per heavy atom. The molecule has 2 aromatic rings. The van der Waals surface area contributed by atoms with Crippen LogP contribution in [0.4, 0.5) is 5.69 Å². The number of hydrogen-bond donors (Lipinski definition) is 2. The molecule has 0 aliphatic heterocycles. The van der Waals surface area contributed by atoms with Gasteiger partial charge in [-0.05, 0) is 36.0 Å². The lowest BCUT2D eigenvalue weighted by Gasteiger charge is -2.12. The normalized spacial score (nSPS) is 10.2. The van der Waals surface area contributed by atoms with Crippen molar-refractivity contribution in [2.45, 2.75) is 0 Å². The van der Waals surface area contributed by atoms with Gasteiger partial charge in [-0.25, -0.2) is 0 Å². The summed E-state index contributed by atoms with van der Waals surface area (Å²) >= 11 is 5.13. The minimum atomic E-state index is -0.308. The largest absolute Gasteiger partial charge is 0.493 e. The third-order valence-corrected chi connectivity index (χ3v) is 3.31. The Hall–Kier alpha value is -2.86. The molecule has 24 heavy (non-hydrogen) atoms. The molecule has 0 heterocycles. The molecule has 0 aromatic heterocycles. The van der Waals surface area contributed by atoms with Crippen molar-refractivity contribution in [2.75, 3.05) is 19.5 Å². The molecule has 2 N–H and O–H groups in total. The molecule has 0 bridgehead atoms. The van der Waals surface area contributed by atoms with Crippen LogP contribution in [0.5, 0.6) is 11.5 Å². The van der Waals surface area contributed by atoms with Gasteiger partial charge in [0.25, 0.3) is 0 Å². The third kappa shape index (κ3) is 5.10. The number of ether oxygens (including phenoxy) is 2. The summed E-state index contributed by atoms with van der Waals surface area (Å²) in [5.41, 5.74) is 1.62. The molecule has 0 fully saturated rings. The van der Waals surface area contributed by atoms with E-state index in [1.54, 1.807) is 38.5 Å². The summed E-state index contributed by atoms with van der Waals surface area (Å²) in [4.78, 5) is 11.9. The molecular weight excluding hydrogens is 324 g/mol. The number of amides is 1. The minimum Gasteiger partial charge on any atom is -0.493 e. The predicted octanol–water partition coefficient (Wildman–Crippen LogP) is 3.23. The average molecular weight is 342 g/mol. The fourth-order valence-corrected chi connectivity index (χ4v) is 2.18. The van der Waals surface area contributed by atoms with Gasteiger partial charge >= 0.3 is 0 Å². The summed E-state index contributed by atoms with van der Waals surface area (Å²) in [6, 6.07) is 14.8. The number of methoxy groups -OCH3 is 2. The monoisotopic (exact) mass is 342 g/mol. The van der Waals surface area contributed by atoms with Crippen LogP contribution in [0.15, 0.2) is 54.6 Å². The number of nitrogens with one attached hydrogen (secondary N) is 2. The van der Waals surface area contributed by atoms with E-state index in [4.69, 9.17) is 21.7 Å². The molecule has 0 aliphatic carbocycles. The highest BCUT2D eigenvalue weighted by Crippen LogP contribution is 2.29. The average Bonchev–Trinajstić information content (AvgIpc) is 2.60. The molecule has 2 aromatic carbocycles. The van der Waals surface area contributed by atoms with Gasteiger partial charge in [0, 0.05) is 17.8 Å². The van der Waals surface area contributed by atoms with Crippen LogP contribution in [0.25, 0.3) is 6.08 Å². The Kier molecular flexibility index (Phi) is 6.33. The first kappa shape index (κ1) is 17.5. The molecule has 0 saturated heterocycles. The van der Waals surface area contributed by atoms with E-state index in [0.29, 0.717) is 17.2 Å². The maximum absolute atomic E-state index is 11.9. The predicted molar refractivity (Wildman–Crippen MR) is 99.4 cm³/mol. The first-order valence-electron chi connectivity index (χ1n) is 7.19. The topological polar surface area (TPSA) is 59.6 Å². The lowest BCUT2D eigenvalue weighted by molar-refractivity contribution is -0.115. The van der Waals surface area contributed by atoms with Gasteiger partial charge in [-0.3, -0.25) is 10.1 Å². The minimum absolute atomic E-state index is 0.199. The fraction of sp³-hybridized carbons (Fsp3) is 0.111. The number of benzene rings is 2. The Morgan fingerprint density at radius 3 is 2.42 bits per heavy atom. The molecule has 0 unspecified atom stereocenters. The van der Waals surface area contributed by atoms with E-state index in [-0.39, 0.29) is 11.0 Å². The molecule has 0 saturated carbocycles. The van der Waals surface area contributed by atoms with E-state index in [2.05, 4.69) is 10.6 Å². The van der Waals surface area contributed by atoms with Crippen molar-refractivity contribution in [3.63, 3.8) is 0 Å². The summed E-state index contributed by atoms with van der Waals surface area (Å²) in [5, 5.41) is 5.71. The molecule has 0 radical (unpaired) electrons. The zero-order chi connectivity index (χ0) is 17.4. The molecular formula is C18H18N2O3S. The van der Waals surface area contributed by atoms with Crippen molar-refractivity contribution in [1.82, 2.24) is 5.32 Å². The van der Waals surface area contributed by atoms with Crippen molar-refractivity contribution >= 4 is 35.0 Å². The maximum Gasteiger partial charge on any atom is 0.250 e. The second-order valence-electron chi connectivity index (χ2n) is 4.76. The standard InChI is InChI=1S/C18H18N2O3S/c1-22-15-10-9-14(12-16(15)23-2)19-18(24)20-17(21)11-8-13-6-4-3-5-7-13/h3-12H,1-2H3,(H2,19,20,21,24)/b11-8+. The molecule has 1 amide bonds. The van der Waals surface area contributed by atoms with E-state index in [0.717, 1.165) is 5.56 Å². The van der Waals surface area contributed by atoms with E-state index < -0.39 is 0 Å². The van der Waals surface area contributed by atoms with Gasteiger partial charge in [-0.15, -0.1) is 0 Å². The highest BCUT2D eigenvalue weighted by atomic mass is 32.1. The third-order valence-electron chi connectivity index (χ3n) is 3.10. The van der Waals surface area contributed by atoms with Gasteiger partial charge in [0.1, 0.15) is 0 Å². The van der Waals surface area contributed by atoms with Crippen LogP contribution in [-0.2, 0) is 4.79 Å². The van der Waals surface area contributed by atoms with Crippen LogP contribution in [0.1, 0.15) is 5.56 Å². The van der Waals surface area contributed by atoms with Gasteiger partial charge < -0.3 is 14.8 Å². The van der Waals surface area contributed by atoms with Crippen molar-refractivity contribution < 1.29 is 14.3 Å². The quantitative estimate of drug-likeness (QED) is 0.645. The van der Waals surface area contributed by atoms with Gasteiger partial charge in [-0.1, -0.05) is 30.3 Å². The van der Waals surface area contributed by atoms with Gasteiger partial charge in [0.05, 0.1) is 14.2 Å². The summed E-state index contributed by atoms with van der Waals surface area (Å²) in [6.07, 6.45) is 3.15. The van der Waals surface area contributed by atoms with Crippen LogP contribution in [0.3, 0.4) is 0 Å². The second kappa shape index (κ2) is 8.69. The fourth-order valence-electron chi connectivity index (χ4n) is 1.97. The lowest BCUT2D eigenvalue weighted by Crippen LogP contribution is -2.32. The molecule has 6 heteroatoms. The lowest BCUT2D eigenvalue weighted by atomic mass is 10.2. The first-order chi connectivity index (χ1) is 11.6. The Balaban J connectivity index is 1.93. The Labute approximate surface area is 146 Å². The highest BCUT2D eigenvalue weighted by molar-refractivity contribution is 7.80. The van der Waals surface area contributed by atoms with Crippen molar-refractivity contribution in [3.05, 3.63) is 60.2 Å². The Bertz CT molecular complexity index is 745. The first-order valence-corrected chi connectivity index (χ1v) is 7.60. The van der Waals surface area contributed by atoms with Crippen LogP contribution in [0.2, 0.25) is 0 Å². The molecule has 0 spiro atoms. The number of hydrogen-bond acceptors (Lipinski definition) is 4. The molecule has 5 nitrogen and oxygen atoms in total. The maximum atomic E-state index is 11.9. The molecule has 0 atom stereocenters. The zero-order valence-corrected chi connectivity index (χ0v) is 14.2. The van der Waals surface area contributed by atoms with Crippen LogP contribution in [0, 0.1) is 0 Å². The summed E-state index contributed by atoms with van der Waals surface area (Å²) in [5.74, 6) is 0.876. The van der Waals surface area contributed by atoms with E-state index in [1.165, 1.54) is 6.08 Å². The smallest absolute Gasteiger partial charge is 0.250 e. The number of carbonyl (C=O) groups is 1. The molecule has 0 aliphatic rings. The van der Waals surface area contributed by atoms with Gasteiger partial charge in [0.2, 0.25) is 5.91 Å². The van der Waals surface area contributed by atoms with Crippen LogP contribution < -0.4 is 20.1 Å². The summed E-state index contributed by atoms with van der Waals surface area (Å²) in [6.45, 7) is 0. The van der Waals surface area contributed by atoms with Gasteiger partial charge in [0.15, 0.2) is 16.6 Å². The van der Waals surface area contributed by atoms with Crippen LogP contribution in [-0.4, -0.2) is 25.2 Å². The zero-order valence-electron chi connectivity index (χ0n) is 13.4. The number of rotatable bonds is 5. The highest BCUT2D eigenvalue weighted by Gasteiger charge is 2.06. The van der Waals surface area contributed by atoms with Crippen molar-refractivity contribution in [1.29, 1.82) is 0 Å². The summed E-state index contributed by atoms with van der Waals surface area (Å²) in [7, 11) is 3.12. The van der Waals surface area contributed by atoms with Crippen LogP contribution >= 0.6 is 12.2 Å². The summed E-state index contributed by atoms with van der Waals surface area (Å²) < 4.78 is 10.4. The van der Waals surface area contributed by atoms with E-state index in [1.807, 2.05) is 30.3 Å². The Morgan fingerprint density at radius 2 is 1.75 bits per heavy atom. The van der Waals surface area contributed by atoms with Crippen molar-refractivity contribution in [2.24, 2.45) is 0 Å².